The number of nitrogens with two attached hydrogens (primary N) is 1. The van der Waals surface area contributed by atoms with Crippen LogP contribution in [0, 0.1) is 0 Å². The summed E-state index contributed by atoms with van der Waals surface area (Å²) in [6.07, 6.45) is 2.80. The number of rotatable bonds is 10. The summed E-state index contributed by atoms with van der Waals surface area (Å²) in [5.41, 5.74) is 6.68. The summed E-state index contributed by atoms with van der Waals surface area (Å²) in [7, 11) is 0. The number of aromatic nitrogens is 3. The van der Waals surface area contributed by atoms with E-state index >= 15 is 0 Å². The Kier molecular flexibility index (Phi) is 8.23. The third kappa shape index (κ3) is 7.47. The van der Waals surface area contributed by atoms with Gasteiger partial charge in [-0.3, -0.25) is 4.98 Å². The average molecular weight is 604 g/mol. The maximum Gasteiger partial charge on any atom is 0.573 e. The van der Waals surface area contributed by atoms with E-state index in [1.54, 1.807) is 48.9 Å². The third-order valence-electron chi connectivity index (χ3n) is 6.84. The molecule has 0 bridgehead atoms. The third-order valence-corrected chi connectivity index (χ3v) is 6.84. The Balaban J connectivity index is 1.34. The molecule has 5 rings (SSSR count). The number of hydrogen-bond acceptors (Lipinski definition) is 6. The van der Waals surface area contributed by atoms with Gasteiger partial charge in [-0.15, -0.1) is 13.2 Å². The highest BCUT2D eigenvalue weighted by molar-refractivity contribution is 5.97. The van der Waals surface area contributed by atoms with Crippen molar-refractivity contribution in [1.82, 2.24) is 14.5 Å². The Morgan fingerprint density at radius 2 is 1.59 bits per heavy atom. The molecule has 0 aliphatic heterocycles. The lowest BCUT2D eigenvalue weighted by molar-refractivity contribution is -0.274. The Labute approximate surface area is 253 Å². The van der Waals surface area contributed by atoms with Crippen LogP contribution in [0.25, 0.3) is 22.6 Å². The van der Waals surface area contributed by atoms with E-state index in [4.69, 9.17) is 14.9 Å². The number of ether oxygens (including phenoxy) is 2. The number of pyridine rings is 1. The standard InChI is InChI=1S/C33H32F3N5O3/c1-31(2,41-18-17-38-21-41)20-32(3,4)43-24-11-8-22(9-12-24)27-14-15-28(42-27)23-10-13-25(29(19-23)44-33(34,35)36)40-30(37)26-7-5-6-16-39-26/h5-19,21H,20H2,1-4H3,(H2,37,40). The molecule has 2 aromatic carbocycles. The number of amidine groups is 1. The molecular weight excluding hydrogens is 571 g/mol. The number of hydrogen-bond donors (Lipinski definition) is 1. The van der Waals surface area contributed by atoms with E-state index in [0.717, 1.165) is 12.0 Å². The van der Waals surface area contributed by atoms with Crippen molar-refractivity contribution in [3.05, 3.63) is 103 Å². The molecule has 228 valence electrons. The molecule has 0 radical (unpaired) electrons. The van der Waals surface area contributed by atoms with Crippen LogP contribution in [0.1, 0.15) is 39.8 Å². The molecule has 11 heteroatoms. The second-order valence-electron chi connectivity index (χ2n) is 11.5. The Morgan fingerprint density at radius 3 is 2.23 bits per heavy atom. The van der Waals surface area contributed by atoms with Crippen molar-refractivity contribution in [2.45, 2.75) is 51.6 Å². The molecule has 0 saturated heterocycles. The topological polar surface area (TPSA) is 101 Å². The molecule has 0 amide bonds. The molecule has 0 aliphatic rings. The van der Waals surface area contributed by atoms with Gasteiger partial charge in [0.15, 0.2) is 5.75 Å². The molecule has 3 heterocycles. The summed E-state index contributed by atoms with van der Waals surface area (Å²) < 4.78 is 58.5. The first-order chi connectivity index (χ1) is 20.8. The minimum Gasteiger partial charge on any atom is -0.488 e. The molecule has 2 N–H and O–H groups in total. The van der Waals surface area contributed by atoms with Gasteiger partial charge in [-0.2, -0.15) is 0 Å². The van der Waals surface area contributed by atoms with E-state index < -0.39 is 17.7 Å². The lowest BCUT2D eigenvalue weighted by atomic mass is 9.89. The fourth-order valence-electron chi connectivity index (χ4n) is 5.11. The van der Waals surface area contributed by atoms with E-state index in [0.29, 0.717) is 28.5 Å². The fraction of sp³-hybridized carbons (Fsp3) is 0.242. The zero-order valence-corrected chi connectivity index (χ0v) is 24.7. The van der Waals surface area contributed by atoms with E-state index in [9.17, 15) is 13.2 Å². The van der Waals surface area contributed by atoms with Gasteiger partial charge in [-0.05, 0) is 94.4 Å². The first-order valence-corrected chi connectivity index (χ1v) is 13.8. The summed E-state index contributed by atoms with van der Waals surface area (Å²) in [6.45, 7) is 8.35. The van der Waals surface area contributed by atoms with Gasteiger partial charge in [0.05, 0.1) is 6.33 Å². The van der Waals surface area contributed by atoms with Crippen LogP contribution in [0.15, 0.2) is 107 Å². The molecule has 3 aromatic heterocycles. The van der Waals surface area contributed by atoms with Crippen LogP contribution in [-0.4, -0.2) is 32.3 Å². The summed E-state index contributed by atoms with van der Waals surface area (Å²) in [5.74, 6) is 1.01. The van der Waals surface area contributed by atoms with Crippen molar-refractivity contribution in [3.8, 4) is 34.1 Å². The van der Waals surface area contributed by atoms with E-state index in [1.807, 2.05) is 44.3 Å². The highest BCUT2D eigenvalue weighted by Gasteiger charge is 2.33. The smallest absolute Gasteiger partial charge is 0.488 e. The van der Waals surface area contributed by atoms with E-state index in [-0.39, 0.29) is 17.1 Å². The monoisotopic (exact) mass is 603 g/mol. The number of aliphatic imine (C=N–C) groups is 1. The van der Waals surface area contributed by atoms with Crippen molar-refractivity contribution in [2.24, 2.45) is 10.7 Å². The second-order valence-corrected chi connectivity index (χ2v) is 11.5. The molecule has 0 aliphatic carbocycles. The zero-order valence-electron chi connectivity index (χ0n) is 24.7. The van der Waals surface area contributed by atoms with Gasteiger partial charge >= 0.3 is 6.36 Å². The zero-order chi connectivity index (χ0) is 31.5. The van der Waals surface area contributed by atoms with Gasteiger partial charge in [-0.1, -0.05) is 6.07 Å². The lowest BCUT2D eigenvalue weighted by Gasteiger charge is -2.36. The van der Waals surface area contributed by atoms with Crippen molar-refractivity contribution >= 4 is 11.5 Å². The summed E-state index contributed by atoms with van der Waals surface area (Å²) in [5, 5.41) is 0. The molecule has 0 unspecified atom stereocenters. The van der Waals surface area contributed by atoms with Crippen LogP contribution in [0.4, 0.5) is 18.9 Å². The number of halogens is 3. The molecule has 44 heavy (non-hydrogen) atoms. The van der Waals surface area contributed by atoms with Crippen molar-refractivity contribution in [2.75, 3.05) is 0 Å². The van der Waals surface area contributed by atoms with Gasteiger partial charge in [0.25, 0.3) is 0 Å². The Bertz CT molecular complexity index is 1730. The average Bonchev–Trinajstić information content (AvgIpc) is 3.67. The number of alkyl halides is 3. The highest BCUT2D eigenvalue weighted by atomic mass is 19.4. The Morgan fingerprint density at radius 1 is 0.886 bits per heavy atom. The minimum absolute atomic E-state index is 0.0524. The maximum absolute atomic E-state index is 13.3. The van der Waals surface area contributed by atoms with Crippen LogP contribution in [0.2, 0.25) is 0 Å². The van der Waals surface area contributed by atoms with Crippen LogP contribution in [0.3, 0.4) is 0 Å². The largest absolute Gasteiger partial charge is 0.573 e. The SMILES string of the molecule is CC(C)(CC(C)(C)n1ccnc1)Oc1ccc(-c2ccc(-c3ccc(N=C(N)c4ccccn4)c(OC(F)(F)F)c3)o2)cc1. The maximum atomic E-state index is 13.3. The molecule has 0 spiro atoms. The second kappa shape index (κ2) is 11.9. The molecule has 0 saturated carbocycles. The molecule has 5 aromatic rings. The predicted molar refractivity (Wildman–Crippen MR) is 162 cm³/mol. The normalized spacial score (nSPS) is 12.8. The van der Waals surface area contributed by atoms with Crippen LogP contribution < -0.4 is 15.2 Å². The first-order valence-electron chi connectivity index (χ1n) is 13.8. The summed E-state index contributed by atoms with van der Waals surface area (Å²) >= 11 is 0. The fourth-order valence-corrected chi connectivity index (χ4v) is 5.11. The van der Waals surface area contributed by atoms with Crippen molar-refractivity contribution < 1.29 is 27.1 Å². The molecular formula is C33H32F3N5O3. The number of furan rings is 1. The van der Waals surface area contributed by atoms with Gasteiger partial charge in [0.1, 0.15) is 40.1 Å². The number of imidazole rings is 1. The number of nitrogens with zero attached hydrogens (tertiary/aromatic N) is 4. The van der Waals surface area contributed by atoms with Gasteiger partial charge in [0, 0.05) is 41.7 Å². The van der Waals surface area contributed by atoms with Gasteiger partial charge in [0.2, 0.25) is 0 Å². The first kappa shape index (κ1) is 30.4. The van der Waals surface area contributed by atoms with Crippen LogP contribution in [0.5, 0.6) is 11.5 Å². The van der Waals surface area contributed by atoms with Gasteiger partial charge < -0.3 is 24.2 Å². The predicted octanol–water partition coefficient (Wildman–Crippen LogP) is 8.12. The summed E-state index contributed by atoms with van der Waals surface area (Å²) in [6, 6.07) is 20.1. The van der Waals surface area contributed by atoms with Crippen LogP contribution >= 0.6 is 0 Å². The quantitative estimate of drug-likeness (QED) is 0.128. The van der Waals surface area contributed by atoms with Crippen LogP contribution in [-0.2, 0) is 5.54 Å². The van der Waals surface area contributed by atoms with E-state index in [2.05, 4.69) is 38.1 Å². The molecule has 0 fully saturated rings. The van der Waals surface area contributed by atoms with Crippen molar-refractivity contribution in [3.63, 3.8) is 0 Å². The van der Waals surface area contributed by atoms with E-state index in [1.165, 1.54) is 18.3 Å². The van der Waals surface area contributed by atoms with Crippen molar-refractivity contribution in [1.29, 1.82) is 0 Å². The molecule has 8 nitrogen and oxygen atoms in total. The minimum atomic E-state index is -4.94. The lowest BCUT2D eigenvalue weighted by Crippen LogP contribution is -2.39. The number of benzene rings is 2. The van der Waals surface area contributed by atoms with Gasteiger partial charge in [-0.25, -0.2) is 9.98 Å². The highest BCUT2D eigenvalue weighted by Crippen LogP contribution is 2.38. The Hall–Kier alpha value is -5.06. The molecule has 0 atom stereocenters. The summed E-state index contributed by atoms with van der Waals surface area (Å²) in [4.78, 5) is 12.4.